The third kappa shape index (κ3) is 6.28. The normalized spacial score (nSPS) is 29.0. The Bertz CT molecular complexity index is 1660. The second kappa shape index (κ2) is 12.0. The number of benzene rings is 1. The molecule has 2 N–H and O–H groups in total. The lowest BCUT2D eigenvalue weighted by atomic mass is 10.1. The van der Waals surface area contributed by atoms with Gasteiger partial charge in [0.1, 0.15) is 29.2 Å². The van der Waals surface area contributed by atoms with Gasteiger partial charge in [0.15, 0.2) is 0 Å². The lowest BCUT2D eigenvalue weighted by Gasteiger charge is -2.27. The fourth-order valence-electron chi connectivity index (χ4n) is 6.30. The van der Waals surface area contributed by atoms with Crippen LogP contribution in [0.3, 0.4) is 0 Å². The van der Waals surface area contributed by atoms with Gasteiger partial charge in [0.05, 0.1) is 22.3 Å². The number of ether oxygens (including phenoxy) is 1. The van der Waals surface area contributed by atoms with Crippen molar-refractivity contribution in [1.82, 2.24) is 24.9 Å². The van der Waals surface area contributed by atoms with Crippen molar-refractivity contribution in [2.75, 3.05) is 6.54 Å². The van der Waals surface area contributed by atoms with Crippen molar-refractivity contribution in [2.24, 2.45) is 5.92 Å². The van der Waals surface area contributed by atoms with E-state index >= 15 is 0 Å². The Morgan fingerprint density at radius 2 is 1.93 bits per heavy atom. The lowest BCUT2D eigenvalue weighted by Crippen LogP contribution is -2.57. The zero-order valence-electron chi connectivity index (χ0n) is 25.7. The van der Waals surface area contributed by atoms with E-state index in [0.29, 0.717) is 42.4 Å². The van der Waals surface area contributed by atoms with Gasteiger partial charge in [-0.1, -0.05) is 31.9 Å². The van der Waals surface area contributed by atoms with Gasteiger partial charge in [-0.2, -0.15) is 0 Å². The Balaban J connectivity index is 1.26. The first-order valence-electron chi connectivity index (χ1n) is 15.9. The lowest BCUT2D eigenvalue weighted by molar-refractivity contribution is -0.139. The Morgan fingerprint density at radius 3 is 2.69 bits per heavy atom. The van der Waals surface area contributed by atoms with E-state index in [1.165, 1.54) is 17.0 Å². The average molecular weight is 642 g/mol. The van der Waals surface area contributed by atoms with Gasteiger partial charge in [0.25, 0.3) is 5.91 Å². The molecule has 4 atom stereocenters. The second-order valence-corrected chi connectivity index (χ2v) is 15.2. The highest BCUT2D eigenvalue weighted by Crippen LogP contribution is 2.47. The van der Waals surface area contributed by atoms with Gasteiger partial charge in [0, 0.05) is 24.8 Å². The second-order valence-electron chi connectivity index (χ2n) is 13.0. The molecule has 3 fully saturated rings. The molecule has 11 nitrogen and oxygen atoms in total. The summed E-state index contributed by atoms with van der Waals surface area (Å²) in [7, 11) is -3.92. The fraction of sp³-hybridized carbons (Fsp3) is 0.594. The van der Waals surface area contributed by atoms with Gasteiger partial charge < -0.3 is 15.0 Å². The van der Waals surface area contributed by atoms with Crippen molar-refractivity contribution in [2.45, 2.75) is 107 Å². The molecule has 242 valence electrons. The molecule has 6 rings (SSSR count). The molecule has 0 bridgehead atoms. The predicted molar refractivity (Wildman–Crippen MR) is 164 cm³/mol. The molecule has 0 radical (unpaired) electrons. The van der Waals surface area contributed by atoms with Crippen LogP contribution in [0.15, 0.2) is 30.4 Å². The van der Waals surface area contributed by atoms with Crippen LogP contribution in [0.4, 0.5) is 4.39 Å². The number of fused-ring (bicyclic) bond motifs is 3. The van der Waals surface area contributed by atoms with E-state index in [9.17, 15) is 27.2 Å². The van der Waals surface area contributed by atoms with E-state index in [0.717, 1.165) is 25.7 Å². The molecule has 2 aliphatic heterocycles. The zero-order chi connectivity index (χ0) is 32.0. The Kier molecular flexibility index (Phi) is 8.34. The minimum atomic E-state index is -3.92. The summed E-state index contributed by atoms with van der Waals surface area (Å²) < 4.78 is 47.3. The van der Waals surface area contributed by atoms with Crippen molar-refractivity contribution in [3.05, 3.63) is 41.9 Å². The number of carbonyl (C=O) groups excluding carboxylic acids is 3. The molecule has 2 aliphatic carbocycles. The van der Waals surface area contributed by atoms with E-state index in [1.807, 2.05) is 19.1 Å². The highest BCUT2D eigenvalue weighted by molar-refractivity contribution is 7.91. The number of amides is 3. The number of aromatic nitrogens is 2. The summed E-state index contributed by atoms with van der Waals surface area (Å²) in [5, 5.41) is 2.87. The molecule has 0 spiro atoms. The number of allylic oxidation sites excluding steroid dienone is 1. The quantitative estimate of drug-likeness (QED) is 0.456. The van der Waals surface area contributed by atoms with Crippen molar-refractivity contribution < 1.29 is 31.9 Å². The molecule has 3 heterocycles. The van der Waals surface area contributed by atoms with Crippen LogP contribution in [0.2, 0.25) is 0 Å². The molecule has 1 aromatic heterocycles. The van der Waals surface area contributed by atoms with Crippen molar-refractivity contribution in [3.63, 3.8) is 0 Å². The third-order valence-corrected chi connectivity index (χ3v) is 11.8. The van der Waals surface area contributed by atoms with Crippen LogP contribution in [0, 0.1) is 11.7 Å². The van der Waals surface area contributed by atoms with Crippen molar-refractivity contribution in [1.29, 1.82) is 0 Å². The number of nitrogens with zero attached hydrogens (tertiary/aromatic N) is 3. The van der Waals surface area contributed by atoms with Crippen molar-refractivity contribution in [3.8, 4) is 5.88 Å². The number of rotatable bonds is 6. The van der Waals surface area contributed by atoms with Crippen LogP contribution < -0.4 is 14.8 Å². The standard InChI is InChI=1S/C32H40FN5O6S/c1-3-23-29(35-25-16-21(33)12-13-24(25)34-23)44-22-17-26-28(40)36-32(30(41)37-45(42,43)31(2)14-15-31)18-20(32)10-8-6-4-5-7-9-11-27(39)38(26)19-22/h8,10,12-13,16,20,22,26H,3-7,9,11,14-15,17-19H2,1-2H3,(H,36,40)(H,37,41)/b10-8-/t20-,22-,26+,32-/m1/s1. The minimum Gasteiger partial charge on any atom is -0.471 e. The van der Waals surface area contributed by atoms with Crippen LogP contribution >= 0.6 is 0 Å². The number of hydrogen-bond acceptors (Lipinski definition) is 8. The molecule has 13 heteroatoms. The summed E-state index contributed by atoms with van der Waals surface area (Å²) in [6.07, 6.45) is 9.60. The Hall–Kier alpha value is -3.61. The number of aryl methyl sites for hydroxylation is 1. The van der Waals surface area contributed by atoms with E-state index in [1.54, 1.807) is 13.0 Å². The molecule has 2 aromatic rings. The van der Waals surface area contributed by atoms with Crippen LogP contribution in [0.1, 0.15) is 83.7 Å². The maximum absolute atomic E-state index is 14.0. The summed E-state index contributed by atoms with van der Waals surface area (Å²) in [5.74, 6) is -2.08. The maximum atomic E-state index is 14.0. The molecule has 2 saturated carbocycles. The Labute approximate surface area is 262 Å². The molecule has 4 aliphatic rings. The minimum absolute atomic E-state index is 0.123. The average Bonchev–Trinajstić information content (AvgIpc) is 3.87. The van der Waals surface area contributed by atoms with Gasteiger partial charge in [-0.05, 0) is 64.0 Å². The zero-order valence-corrected chi connectivity index (χ0v) is 26.5. The van der Waals surface area contributed by atoms with Crippen LogP contribution in [-0.2, 0) is 30.8 Å². The van der Waals surface area contributed by atoms with E-state index in [2.05, 4.69) is 20.0 Å². The molecular weight excluding hydrogens is 601 g/mol. The Morgan fingerprint density at radius 1 is 1.16 bits per heavy atom. The fourth-order valence-corrected chi connectivity index (χ4v) is 7.61. The van der Waals surface area contributed by atoms with E-state index in [-0.39, 0.29) is 43.5 Å². The van der Waals surface area contributed by atoms with Crippen LogP contribution in [-0.4, -0.2) is 70.0 Å². The van der Waals surface area contributed by atoms with Gasteiger partial charge in [-0.15, -0.1) is 0 Å². The van der Waals surface area contributed by atoms with E-state index < -0.39 is 50.1 Å². The van der Waals surface area contributed by atoms with Gasteiger partial charge >= 0.3 is 0 Å². The summed E-state index contributed by atoms with van der Waals surface area (Å²) >= 11 is 0. The predicted octanol–water partition coefficient (Wildman–Crippen LogP) is 3.46. The van der Waals surface area contributed by atoms with Gasteiger partial charge in [-0.3, -0.25) is 19.1 Å². The molecule has 3 amide bonds. The number of hydrogen-bond donors (Lipinski definition) is 2. The summed E-state index contributed by atoms with van der Waals surface area (Å²) in [4.78, 5) is 51.6. The summed E-state index contributed by atoms with van der Waals surface area (Å²) in [5.41, 5.74) is 0.00887. The van der Waals surface area contributed by atoms with Gasteiger partial charge in [0.2, 0.25) is 27.7 Å². The first kappa shape index (κ1) is 31.4. The van der Waals surface area contributed by atoms with Crippen LogP contribution in [0.5, 0.6) is 5.88 Å². The number of sulfonamides is 1. The molecule has 1 aromatic carbocycles. The smallest absolute Gasteiger partial charge is 0.259 e. The summed E-state index contributed by atoms with van der Waals surface area (Å²) in [6, 6.07) is 3.21. The monoisotopic (exact) mass is 641 g/mol. The first-order chi connectivity index (χ1) is 21.4. The largest absolute Gasteiger partial charge is 0.471 e. The highest BCUT2D eigenvalue weighted by atomic mass is 32.2. The molecular formula is C32H40FN5O6S. The number of carbonyl (C=O) groups is 3. The number of nitrogens with one attached hydrogen (secondary N) is 2. The molecule has 1 saturated heterocycles. The maximum Gasteiger partial charge on any atom is 0.259 e. The molecule has 45 heavy (non-hydrogen) atoms. The highest BCUT2D eigenvalue weighted by Gasteiger charge is 2.63. The SMILES string of the molecule is CCc1nc2ccc(F)cc2nc1O[C@@H]1C[C@H]2C(=O)N[C@]3(C(=O)NS(=O)(=O)C4(C)CC4)C[C@H]3/C=C\CCCCCCC(=O)N2C1. The third-order valence-electron chi connectivity index (χ3n) is 9.64. The topological polar surface area (TPSA) is 148 Å². The molecule has 0 unspecified atom stereocenters. The first-order valence-corrected chi connectivity index (χ1v) is 17.4. The van der Waals surface area contributed by atoms with E-state index in [4.69, 9.17) is 4.74 Å². The van der Waals surface area contributed by atoms with Gasteiger partial charge in [-0.25, -0.2) is 22.8 Å². The van der Waals surface area contributed by atoms with Crippen LogP contribution in [0.25, 0.3) is 11.0 Å². The van der Waals surface area contributed by atoms with Crippen molar-refractivity contribution >= 4 is 38.8 Å². The summed E-state index contributed by atoms with van der Waals surface area (Å²) in [6.45, 7) is 3.62. The number of halogens is 1.